The summed E-state index contributed by atoms with van der Waals surface area (Å²) in [6.45, 7) is 0. The van der Waals surface area contributed by atoms with Gasteiger partial charge in [0.25, 0.3) is 0 Å². The highest BCUT2D eigenvalue weighted by Crippen LogP contribution is 2.07. The van der Waals surface area contributed by atoms with Gasteiger partial charge in [-0.1, -0.05) is 47.1 Å². The lowest BCUT2D eigenvalue weighted by Gasteiger charge is -1.87. The Morgan fingerprint density at radius 1 is 0.882 bits per heavy atom. The third-order valence-electron chi connectivity index (χ3n) is 2.72. The maximum atomic E-state index is 3.30. The molecule has 2 nitrogen and oxygen atoms in total. The van der Waals surface area contributed by atoms with Crippen molar-refractivity contribution in [1.82, 2.24) is 5.10 Å². The van der Waals surface area contributed by atoms with E-state index in [1.54, 1.807) is 0 Å². The molecule has 0 radical (unpaired) electrons. The summed E-state index contributed by atoms with van der Waals surface area (Å²) in [6.07, 6.45) is 6.18. The molecule has 1 heterocycles. The lowest BCUT2D eigenvalue weighted by Crippen LogP contribution is -2.25. The van der Waals surface area contributed by atoms with Crippen LogP contribution in [-0.2, 0) is 0 Å². The van der Waals surface area contributed by atoms with E-state index in [2.05, 4.69) is 41.6 Å². The third kappa shape index (κ3) is 2.11. The van der Waals surface area contributed by atoms with Gasteiger partial charge in [-0.3, -0.25) is 0 Å². The average molecular weight is 221 g/mol. The minimum atomic E-state index is 1.14. The number of hydrogen-bond donors (Lipinski definition) is 1. The maximum absolute atomic E-state index is 3.30. The van der Waals surface area contributed by atoms with Gasteiger partial charge in [0, 0.05) is 6.08 Å². The van der Waals surface area contributed by atoms with Crippen LogP contribution in [0, 0.1) is 0 Å². The fourth-order valence-corrected chi connectivity index (χ4v) is 1.84. The van der Waals surface area contributed by atoms with Gasteiger partial charge in [0.1, 0.15) is 5.52 Å². The zero-order valence-electron chi connectivity index (χ0n) is 9.38. The number of hydrogen-bond acceptors (Lipinski definition) is 0. The summed E-state index contributed by atoms with van der Waals surface area (Å²) in [4.78, 5) is 0. The maximum Gasteiger partial charge on any atom is 0.209 e. The first kappa shape index (κ1) is 9.85. The van der Waals surface area contributed by atoms with E-state index < -0.39 is 0 Å². The number of fused-ring (bicyclic) bond motifs is 1. The molecule has 0 spiro atoms. The Labute approximate surface area is 99.8 Å². The van der Waals surface area contributed by atoms with E-state index >= 15 is 0 Å². The van der Waals surface area contributed by atoms with Crippen LogP contribution >= 0.6 is 0 Å². The predicted molar refractivity (Wildman–Crippen MR) is 70.2 cm³/mol. The first-order valence-corrected chi connectivity index (χ1v) is 5.64. The summed E-state index contributed by atoms with van der Waals surface area (Å²) in [5.41, 5.74) is 2.34. The summed E-state index contributed by atoms with van der Waals surface area (Å²) >= 11 is 0. The zero-order chi connectivity index (χ0) is 11.5. The second-order valence-corrected chi connectivity index (χ2v) is 3.96. The molecule has 2 heteroatoms. The van der Waals surface area contributed by atoms with Gasteiger partial charge in [-0.2, -0.15) is 5.10 Å². The summed E-state index contributed by atoms with van der Waals surface area (Å²) < 4.78 is 1.97. The molecule has 3 aromatic rings. The van der Waals surface area contributed by atoms with Crippen LogP contribution in [0.2, 0.25) is 0 Å². The molecule has 0 fully saturated rings. The van der Waals surface area contributed by atoms with Crippen LogP contribution in [-0.4, -0.2) is 5.10 Å². The molecule has 0 aliphatic rings. The smallest absolute Gasteiger partial charge is 0.160 e. The second-order valence-electron chi connectivity index (χ2n) is 3.96. The lowest BCUT2D eigenvalue weighted by atomic mass is 10.2. The van der Waals surface area contributed by atoms with Gasteiger partial charge in [-0.15, -0.1) is 0 Å². The standard InChI is InChI=1S/C15H12N2/c1-2-6-13(7-3-1)10-11-17-12-14-8-4-5-9-15(14)16-17/h1-12H/p+1. The average Bonchev–Trinajstić information content (AvgIpc) is 2.80. The largest absolute Gasteiger partial charge is 0.209 e. The predicted octanol–water partition coefficient (Wildman–Crippen LogP) is 3.08. The first-order valence-electron chi connectivity index (χ1n) is 5.64. The SMILES string of the molecule is C(=C[n+]1cc2ccccc2[nH]1)c1ccccc1. The van der Waals surface area contributed by atoms with Gasteiger partial charge in [0.15, 0.2) is 6.20 Å². The van der Waals surface area contributed by atoms with E-state index in [1.165, 1.54) is 10.9 Å². The van der Waals surface area contributed by atoms with Gasteiger partial charge < -0.3 is 0 Å². The topological polar surface area (TPSA) is 19.7 Å². The highest BCUT2D eigenvalue weighted by Gasteiger charge is 2.02. The van der Waals surface area contributed by atoms with Gasteiger partial charge in [-0.05, 0) is 17.7 Å². The Morgan fingerprint density at radius 2 is 1.65 bits per heavy atom. The highest BCUT2D eigenvalue weighted by atomic mass is 15.3. The van der Waals surface area contributed by atoms with Crippen molar-refractivity contribution in [3.63, 3.8) is 0 Å². The van der Waals surface area contributed by atoms with Crippen molar-refractivity contribution < 1.29 is 4.68 Å². The fraction of sp³-hybridized carbons (Fsp3) is 0. The van der Waals surface area contributed by atoms with Crippen LogP contribution < -0.4 is 4.68 Å². The lowest BCUT2D eigenvalue weighted by molar-refractivity contribution is -0.626. The number of nitrogens with one attached hydrogen (secondary N) is 1. The van der Waals surface area contributed by atoms with Crippen molar-refractivity contribution in [2.24, 2.45) is 0 Å². The molecule has 0 aliphatic carbocycles. The zero-order valence-corrected chi connectivity index (χ0v) is 9.38. The molecule has 0 saturated heterocycles. The molecular formula is C15H13N2+. The third-order valence-corrected chi connectivity index (χ3v) is 2.72. The quantitative estimate of drug-likeness (QED) is 0.642. The molecule has 1 aromatic heterocycles. The summed E-state index contributed by atoms with van der Waals surface area (Å²) in [5.74, 6) is 0. The monoisotopic (exact) mass is 221 g/mol. The van der Waals surface area contributed by atoms with Gasteiger partial charge in [-0.25, -0.2) is 0 Å². The molecule has 0 unspecified atom stereocenters. The number of rotatable bonds is 2. The number of para-hydroxylation sites is 1. The molecule has 0 bridgehead atoms. The van der Waals surface area contributed by atoms with E-state index in [4.69, 9.17) is 0 Å². The number of H-pyrrole nitrogens is 1. The number of aromatic amines is 1. The molecule has 17 heavy (non-hydrogen) atoms. The van der Waals surface area contributed by atoms with E-state index in [-0.39, 0.29) is 0 Å². The number of benzene rings is 2. The van der Waals surface area contributed by atoms with Crippen molar-refractivity contribution in [3.05, 3.63) is 66.4 Å². The molecule has 0 amide bonds. The Morgan fingerprint density at radius 3 is 2.47 bits per heavy atom. The van der Waals surface area contributed by atoms with Gasteiger partial charge in [0.05, 0.1) is 5.39 Å². The van der Waals surface area contributed by atoms with Crippen LogP contribution in [0.5, 0.6) is 0 Å². The Balaban J connectivity index is 1.92. The Bertz CT molecular complexity index is 618. The van der Waals surface area contributed by atoms with E-state index in [9.17, 15) is 0 Å². The van der Waals surface area contributed by atoms with Crippen LogP contribution in [0.1, 0.15) is 5.56 Å². The molecule has 0 atom stereocenters. The molecule has 0 saturated carbocycles. The van der Waals surface area contributed by atoms with Crippen molar-refractivity contribution in [2.75, 3.05) is 0 Å². The molecule has 0 aliphatic heterocycles. The molecular weight excluding hydrogens is 208 g/mol. The summed E-state index contributed by atoms with van der Waals surface area (Å²) in [7, 11) is 0. The van der Waals surface area contributed by atoms with Crippen LogP contribution in [0.4, 0.5) is 0 Å². The molecule has 3 rings (SSSR count). The Hall–Kier alpha value is -2.35. The number of nitrogens with zero attached hydrogens (tertiary/aromatic N) is 1. The van der Waals surface area contributed by atoms with Crippen molar-refractivity contribution in [2.45, 2.75) is 0 Å². The highest BCUT2D eigenvalue weighted by molar-refractivity contribution is 5.76. The van der Waals surface area contributed by atoms with Crippen molar-refractivity contribution >= 4 is 23.2 Å². The first-order chi connectivity index (χ1) is 8.42. The summed E-state index contributed by atoms with van der Waals surface area (Å²) in [6, 6.07) is 18.5. The van der Waals surface area contributed by atoms with E-state index in [0.29, 0.717) is 0 Å². The van der Waals surface area contributed by atoms with Gasteiger partial charge >= 0.3 is 0 Å². The van der Waals surface area contributed by atoms with Crippen LogP contribution in [0.3, 0.4) is 0 Å². The molecule has 1 N–H and O–H groups in total. The molecule has 82 valence electrons. The summed E-state index contributed by atoms with van der Waals surface area (Å²) in [5, 5.41) is 4.51. The fourth-order valence-electron chi connectivity index (χ4n) is 1.84. The Kier molecular flexibility index (Phi) is 2.47. The van der Waals surface area contributed by atoms with Crippen LogP contribution in [0.25, 0.3) is 23.2 Å². The van der Waals surface area contributed by atoms with E-state index in [1.807, 2.05) is 41.2 Å². The molecule has 2 aromatic carbocycles. The van der Waals surface area contributed by atoms with Crippen molar-refractivity contribution in [3.8, 4) is 0 Å². The number of aromatic nitrogens is 2. The normalized spacial score (nSPS) is 11.3. The minimum absolute atomic E-state index is 1.14. The van der Waals surface area contributed by atoms with Gasteiger partial charge in [0.2, 0.25) is 6.20 Å². The minimum Gasteiger partial charge on any atom is -0.160 e. The second kappa shape index (κ2) is 4.26. The van der Waals surface area contributed by atoms with Crippen molar-refractivity contribution in [1.29, 1.82) is 0 Å². The van der Waals surface area contributed by atoms with E-state index in [0.717, 1.165) is 5.52 Å². The van der Waals surface area contributed by atoms with Crippen LogP contribution in [0.15, 0.2) is 60.8 Å².